The maximum absolute atomic E-state index is 11.4. The minimum absolute atomic E-state index is 0.191. The Bertz CT molecular complexity index is 522. The molecule has 106 valence electrons. The monoisotopic (exact) mass is 282 g/mol. The summed E-state index contributed by atoms with van der Waals surface area (Å²) in [7, 11) is -3.62. The van der Waals surface area contributed by atoms with E-state index in [0.29, 0.717) is 6.04 Å². The fourth-order valence-corrected chi connectivity index (χ4v) is 3.30. The lowest BCUT2D eigenvalue weighted by molar-refractivity contribution is 0.430. The van der Waals surface area contributed by atoms with Crippen LogP contribution in [0.3, 0.4) is 0 Å². The highest BCUT2D eigenvalue weighted by Gasteiger charge is 2.20. The minimum Gasteiger partial charge on any atom is -0.307 e. The number of benzene rings is 1. The molecule has 0 heterocycles. The summed E-state index contributed by atoms with van der Waals surface area (Å²) in [6, 6.07) is 7.71. The molecule has 1 aliphatic carbocycles. The normalized spacial score (nSPS) is 18.6. The number of nitrogens with two attached hydrogens (primary N) is 1. The zero-order chi connectivity index (χ0) is 13.9. The van der Waals surface area contributed by atoms with Crippen LogP contribution in [0.25, 0.3) is 0 Å². The second-order valence-electron chi connectivity index (χ2n) is 5.23. The van der Waals surface area contributed by atoms with Crippen molar-refractivity contribution in [3.8, 4) is 0 Å². The van der Waals surface area contributed by atoms with Gasteiger partial charge in [-0.3, -0.25) is 0 Å². The second-order valence-corrected chi connectivity index (χ2v) is 6.79. The molecule has 1 fully saturated rings. The molecule has 0 aliphatic heterocycles. The maximum Gasteiger partial charge on any atom is 0.238 e. The SMILES string of the molecule is CC[C@@H](NC1CCCC1)c1cccc(S(N)(=O)=O)c1. The van der Waals surface area contributed by atoms with E-state index in [1.54, 1.807) is 18.2 Å². The molecule has 19 heavy (non-hydrogen) atoms. The molecule has 1 atom stereocenters. The molecule has 1 saturated carbocycles. The first-order valence-corrected chi connectivity index (χ1v) is 8.44. The molecule has 1 aliphatic rings. The van der Waals surface area contributed by atoms with Gasteiger partial charge in [-0.1, -0.05) is 31.9 Å². The predicted octanol–water partition coefficient (Wildman–Crippen LogP) is 2.32. The zero-order valence-corrected chi connectivity index (χ0v) is 12.1. The summed E-state index contributed by atoms with van der Waals surface area (Å²) in [5.41, 5.74) is 1.00. The van der Waals surface area contributed by atoms with E-state index in [4.69, 9.17) is 5.14 Å². The highest BCUT2D eigenvalue weighted by atomic mass is 32.2. The number of hydrogen-bond donors (Lipinski definition) is 2. The van der Waals surface area contributed by atoms with E-state index in [0.717, 1.165) is 12.0 Å². The third kappa shape index (κ3) is 3.78. The van der Waals surface area contributed by atoms with Crippen LogP contribution < -0.4 is 10.5 Å². The van der Waals surface area contributed by atoms with Crippen molar-refractivity contribution in [2.75, 3.05) is 0 Å². The highest BCUT2D eigenvalue weighted by Crippen LogP contribution is 2.25. The third-order valence-corrected chi connectivity index (χ3v) is 4.70. The first kappa shape index (κ1) is 14.5. The summed E-state index contributed by atoms with van der Waals surface area (Å²) in [5.74, 6) is 0. The van der Waals surface area contributed by atoms with Gasteiger partial charge in [-0.25, -0.2) is 13.6 Å². The van der Waals surface area contributed by atoms with Crippen molar-refractivity contribution in [1.82, 2.24) is 5.32 Å². The molecule has 4 nitrogen and oxygen atoms in total. The van der Waals surface area contributed by atoms with Crippen LogP contribution in [0.15, 0.2) is 29.2 Å². The molecule has 1 aromatic carbocycles. The Morgan fingerprint density at radius 2 is 2.05 bits per heavy atom. The molecule has 0 spiro atoms. The fraction of sp³-hybridized carbons (Fsp3) is 0.571. The van der Waals surface area contributed by atoms with Gasteiger partial charge >= 0.3 is 0 Å². The van der Waals surface area contributed by atoms with Crippen LogP contribution in [0.2, 0.25) is 0 Å². The van der Waals surface area contributed by atoms with Gasteiger partial charge in [0.2, 0.25) is 10.0 Å². The smallest absolute Gasteiger partial charge is 0.238 e. The lowest BCUT2D eigenvalue weighted by atomic mass is 10.0. The summed E-state index contributed by atoms with van der Waals surface area (Å²) in [6.45, 7) is 2.11. The van der Waals surface area contributed by atoms with E-state index >= 15 is 0 Å². The van der Waals surface area contributed by atoms with Crippen LogP contribution in [0, 0.1) is 0 Å². The predicted molar refractivity (Wildman–Crippen MR) is 76.2 cm³/mol. The molecule has 0 unspecified atom stereocenters. The molecular weight excluding hydrogens is 260 g/mol. The molecule has 3 N–H and O–H groups in total. The second kappa shape index (κ2) is 6.03. The molecule has 5 heteroatoms. The van der Waals surface area contributed by atoms with Crippen molar-refractivity contribution in [1.29, 1.82) is 0 Å². The lowest BCUT2D eigenvalue weighted by Gasteiger charge is -2.22. The van der Waals surface area contributed by atoms with Crippen LogP contribution in [-0.2, 0) is 10.0 Å². The Hall–Kier alpha value is -0.910. The Labute approximate surface area is 115 Å². The summed E-state index contributed by atoms with van der Waals surface area (Å²) >= 11 is 0. The topological polar surface area (TPSA) is 72.2 Å². The molecule has 0 saturated heterocycles. The number of sulfonamides is 1. The van der Waals surface area contributed by atoms with Crippen molar-refractivity contribution in [3.05, 3.63) is 29.8 Å². The molecule has 0 amide bonds. The first-order chi connectivity index (χ1) is 9.00. The molecular formula is C14H22N2O2S. The van der Waals surface area contributed by atoms with E-state index in [1.807, 2.05) is 6.07 Å². The Morgan fingerprint density at radius 3 is 2.63 bits per heavy atom. The minimum atomic E-state index is -3.62. The Kier molecular flexibility index (Phi) is 4.60. The number of nitrogens with one attached hydrogen (secondary N) is 1. The Balaban J connectivity index is 2.18. The van der Waals surface area contributed by atoms with Gasteiger partial charge in [0.25, 0.3) is 0 Å². The lowest BCUT2D eigenvalue weighted by Crippen LogP contribution is -2.30. The number of primary sulfonamides is 1. The van der Waals surface area contributed by atoms with Crippen molar-refractivity contribution in [2.45, 2.75) is 56.0 Å². The maximum atomic E-state index is 11.4. The van der Waals surface area contributed by atoms with Gasteiger partial charge < -0.3 is 5.32 Å². The highest BCUT2D eigenvalue weighted by molar-refractivity contribution is 7.89. The van der Waals surface area contributed by atoms with Crippen LogP contribution >= 0.6 is 0 Å². The van der Waals surface area contributed by atoms with Gasteiger partial charge in [-0.2, -0.15) is 0 Å². The van der Waals surface area contributed by atoms with Crippen LogP contribution in [0.4, 0.5) is 0 Å². The van der Waals surface area contributed by atoms with Gasteiger partial charge in [0.1, 0.15) is 0 Å². The van der Waals surface area contributed by atoms with Gasteiger partial charge in [-0.05, 0) is 37.0 Å². The summed E-state index contributed by atoms with van der Waals surface area (Å²) in [6.07, 6.45) is 5.93. The van der Waals surface area contributed by atoms with Crippen LogP contribution in [-0.4, -0.2) is 14.5 Å². The molecule has 0 aromatic heterocycles. The summed E-state index contributed by atoms with van der Waals surface area (Å²) in [4.78, 5) is 0.191. The van der Waals surface area contributed by atoms with Crippen molar-refractivity contribution < 1.29 is 8.42 Å². The average Bonchev–Trinajstić information content (AvgIpc) is 2.88. The Morgan fingerprint density at radius 1 is 1.37 bits per heavy atom. The van der Waals surface area contributed by atoms with Crippen LogP contribution in [0.1, 0.15) is 50.6 Å². The summed E-state index contributed by atoms with van der Waals surface area (Å²) in [5, 5.41) is 8.81. The van der Waals surface area contributed by atoms with E-state index in [1.165, 1.54) is 25.7 Å². The van der Waals surface area contributed by atoms with Crippen molar-refractivity contribution in [2.24, 2.45) is 5.14 Å². The first-order valence-electron chi connectivity index (χ1n) is 6.89. The zero-order valence-electron chi connectivity index (χ0n) is 11.3. The van der Waals surface area contributed by atoms with Crippen molar-refractivity contribution >= 4 is 10.0 Å². The van der Waals surface area contributed by atoms with Gasteiger partial charge in [0, 0.05) is 12.1 Å². The molecule has 0 radical (unpaired) electrons. The standard InChI is InChI=1S/C14H22N2O2S/c1-2-14(16-12-7-3-4-8-12)11-6-5-9-13(10-11)19(15,17)18/h5-6,9-10,12,14,16H,2-4,7-8H2,1H3,(H2,15,17,18)/t14-/m1/s1. The number of hydrogen-bond acceptors (Lipinski definition) is 3. The van der Waals surface area contributed by atoms with E-state index in [9.17, 15) is 8.42 Å². The fourth-order valence-electron chi connectivity index (χ4n) is 2.74. The van der Waals surface area contributed by atoms with Crippen molar-refractivity contribution in [3.63, 3.8) is 0 Å². The molecule has 0 bridgehead atoms. The summed E-state index contributed by atoms with van der Waals surface area (Å²) < 4.78 is 22.8. The van der Waals surface area contributed by atoms with Gasteiger partial charge in [0.15, 0.2) is 0 Å². The molecule has 1 aromatic rings. The van der Waals surface area contributed by atoms with Gasteiger partial charge in [-0.15, -0.1) is 0 Å². The van der Waals surface area contributed by atoms with Gasteiger partial charge in [0.05, 0.1) is 4.90 Å². The van der Waals surface area contributed by atoms with E-state index in [2.05, 4.69) is 12.2 Å². The third-order valence-electron chi connectivity index (χ3n) is 3.79. The largest absolute Gasteiger partial charge is 0.307 e. The van der Waals surface area contributed by atoms with Crippen LogP contribution in [0.5, 0.6) is 0 Å². The molecule has 2 rings (SSSR count). The van der Waals surface area contributed by atoms with E-state index in [-0.39, 0.29) is 10.9 Å². The quantitative estimate of drug-likeness (QED) is 0.870. The van der Waals surface area contributed by atoms with E-state index < -0.39 is 10.0 Å². The number of rotatable bonds is 5. The average molecular weight is 282 g/mol.